The van der Waals surface area contributed by atoms with Crippen LogP contribution in [0.3, 0.4) is 0 Å². The zero-order chi connectivity index (χ0) is 14.7. The van der Waals surface area contributed by atoms with E-state index >= 15 is 0 Å². The highest BCUT2D eigenvalue weighted by atomic mass is 35.5. The minimum atomic E-state index is -0.240. The fourth-order valence-corrected chi connectivity index (χ4v) is 2.08. The molecule has 1 aliphatic carbocycles. The van der Waals surface area contributed by atoms with Crippen LogP contribution in [-0.2, 0) is 6.54 Å². The second-order valence-corrected chi connectivity index (χ2v) is 5.37. The molecule has 1 saturated carbocycles. The predicted molar refractivity (Wildman–Crippen MR) is 81.3 cm³/mol. The van der Waals surface area contributed by atoms with Crippen LogP contribution in [0.4, 0.5) is 5.95 Å². The number of aromatic nitrogens is 2. The van der Waals surface area contributed by atoms with Crippen LogP contribution in [0.5, 0.6) is 0 Å². The van der Waals surface area contributed by atoms with Gasteiger partial charge in [0.05, 0.1) is 0 Å². The van der Waals surface area contributed by atoms with Gasteiger partial charge in [0.25, 0.3) is 5.91 Å². The number of nitrogens with zero attached hydrogens (tertiary/aromatic N) is 2. The number of nitrogens with one attached hydrogen (secondary N) is 2. The smallest absolute Gasteiger partial charge is 0.270 e. The molecule has 0 saturated heterocycles. The average Bonchev–Trinajstić information content (AvgIpc) is 3.30. The molecule has 6 heteroatoms. The molecule has 0 unspecified atom stereocenters. The number of benzene rings is 1. The molecule has 2 aromatic rings. The van der Waals surface area contributed by atoms with Crippen LogP contribution >= 0.6 is 11.6 Å². The first-order valence-corrected chi connectivity index (χ1v) is 7.21. The van der Waals surface area contributed by atoms with Crippen LogP contribution in [0.2, 0.25) is 5.02 Å². The zero-order valence-corrected chi connectivity index (χ0v) is 12.1. The maximum atomic E-state index is 12.1. The summed E-state index contributed by atoms with van der Waals surface area (Å²) in [4.78, 5) is 20.4. The lowest BCUT2D eigenvalue weighted by Gasteiger charge is -2.07. The van der Waals surface area contributed by atoms with Crippen LogP contribution in [-0.4, -0.2) is 21.9 Å². The molecule has 0 radical (unpaired) electrons. The van der Waals surface area contributed by atoms with Gasteiger partial charge in [0, 0.05) is 23.8 Å². The minimum Gasteiger partial charge on any atom is -0.351 e. The summed E-state index contributed by atoms with van der Waals surface area (Å²) in [6.45, 7) is 0.369. The van der Waals surface area contributed by atoms with Crippen LogP contribution in [0.25, 0.3) is 0 Å². The van der Waals surface area contributed by atoms with E-state index in [0.29, 0.717) is 29.3 Å². The lowest BCUT2D eigenvalue weighted by Crippen LogP contribution is -2.24. The standard InChI is InChI=1S/C15H15ClN4O/c16-12-4-2-1-3-10(12)9-18-14(21)13-7-8-17-15(20-13)19-11-5-6-11/h1-4,7-8,11H,5-6,9H2,(H,18,21)(H,17,19,20). The van der Waals surface area contributed by atoms with E-state index in [1.54, 1.807) is 18.3 Å². The van der Waals surface area contributed by atoms with Gasteiger partial charge in [-0.3, -0.25) is 4.79 Å². The largest absolute Gasteiger partial charge is 0.351 e. The second-order valence-electron chi connectivity index (χ2n) is 4.96. The number of amides is 1. The molecule has 0 spiro atoms. The first-order valence-electron chi connectivity index (χ1n) is 6.83. The van der Waals surface area contributed by atoms with E-state index in [-0.39, 0.29) is 5.91 Å². The van der Waals surface area contributed by atoms with Crippen molar-refractivity contribution in [1.29, 1.82) is 0 Å². The Morgan fingerprint density at radius 3 is 2.86 bits per heavy atom. The summed E-state index contributed by atoms with van der Waals surface area (Å²) in [7, 11) is 0. The number of hydrogen-bond donors (Lipinski definition) is 2. The normalized spacial score (nSPS) is 13.8. The average molecular weight is 303 g/mol. The molecule has 1 fully saturated rings. The molecule has 2 N–H and O–H groups in total. The van der Waals surface area contributed by atoms with Crippen molar-refractivity contribution in [2.75, 3.05) is 5.32 Å². The summed E-state index contributed by atoms with van der Waals surface area (Å²) >= 11 is 6.06. The highest BCUT2D eigenvalue weighted by molar-refractivity contribution is 6.31. The summed E-state index contributed by atoms with van der Waals surface area (Å²) in [5.41, 5.74) is 1.22. The third kappa shape index (κ3) is 3.70. The lowest BCUT2D eigenvalue weighted by atomic mass is 10.2. The lowest BCUT2D eigenvalue weighted by molar-refractivity contribution is 0.0946. The molecule has 1 heterocycles. The number of hydrogen-bond acceptors (Lipinski definition) is 4. The Bertz CT molecular complexity index is 658. The molecule has 0 aliphatic heterocycles. The first-order chi connectivity index (χ1) is 10.2. The van der Waals surface area contributed by atoms with Gasteiger partial charge in [0.2, 0.25) is 5.95 Å². The highest BCUT2D eigenvalue weighted by Gasteiger charge is 2.22. The number of carbonyl (C=O) groups excluding carboxylic acids is 1. The third-order valence-electron chi connectivity index (χ3n) is 3.20. The maximum absolute atomic E-state index is 12.1. The summed E-state index contributed by atoms with van der Waals surface area (Å²) in [5, 5.41) is 6.62. The van der Waals surface area contributed by atoms with Gasteiger partial charge in [-0.1, -0.05) is 29.8 Å². The zero-order valence-electron chi connectivity index (χ0n) is 11.3. The van der Waals surface area contributed by atoms with E-state index in [1.807, 2.05) is 18.2 Å². The van der Waals surface area contributed by atoms with Crippen molar-refractivity contribution in [3.63, 3.8) is 0 Å². The molecule has 21 heavy (non-hydrogen) atoms. The van der Waals surface area contributed by atoms with E-state index in [4.69, 9.17) is 11.6 Å². The number of rotatable bonds is 5. The number of anilines is 1. The van der Waals surface area contributed by atoms with Gasteiger partial charge >= 0.3 is 0 Å². The maximum Gasteiger partial charge on any atom is 0.270 e. The van der Waals surface area contributed by atoms with Gasteiger partial charge in [-0.05, 0) is 30.5 Å². The van der Waals surface area contributed by atoms with Gasteiger partial charge in [-0.2, -0.15) is 0 Å². The summed E-state index contributed by atoms with van der Waals surface area (Å²) in [6, 6.07) is 9.46. The van der Waals surface area contributed by atoms with Crippen LogP contribution in [0.15, 0.2) is 36.5 Å². The van der Waals surface area contributed by atoms with E-state index in [0.717, 1.165) is 18.4 Å². The van der Waals surface area contributed by atoms with Crippen molar-refractivity contribution in [2.24, 2.45) is 0 Å². The SMILES string of the molecule is O=C(NCc1ccccc1Cl)c1ccnc(NC2CC2)n1. The highest BCUT2D eigenvalue weighted by Crippen LogP contribution is 2.22. The van der Waals surface area contributed by atoms with Crippen molar-refractivity contribution in [1.82, 2.24) is 15.3 Å². The van der Waals surface area contributed by atoms with Gasteiger partial charge in [-0.15, -0.1) is 0 Å². The van der Waals surface area contributed by atoms with E-state index in [1.165, 1.54) is 0 Å². The molecule has 5 nitrogen and oxygen atoms in total. The predicted octanol–water partition coefficient (Wildman–Crippen LogP) is 2.63. The summed E-state index contributed by atoms with van der Waals surface area (Å²) in [5.74, 6) is 0.263. The summed E-state index contributed by atoms with van der Waals surface area (Å²) < 4.78 is 0. The molecular formula is C15H15ClN4O. The number of carbonyl (C=O) groups is 1. The fraction of sp³-hybridized carbons (Fsp3) is 0.267. The molecule has 0 atom stereocenters. The summed E-state index contributed by atoms with van der Waals surface area (Å²) in [6.07, 6.45) is 3.85. The Morgan fingerprint density at radius 1 is 1.29 bits per heavy atom. The monoisotopic (exact) mass is 302 g/mol. The topological polar surface area (TPSA) is 66.9 Å². The Balaban J connectivity index is 1.63. The molecule has 0 bridgehead atoms. The molecule has 1 amide bonds. The number of halogens is 1. The van der Waals surface area contributed by atoms with Crippen LogP contribution < -0.4 is 10.6 Å². The van der Waals surface area contributed by atoms with Gasteiger partial charge < -0.3 is 10.6 Å². The van der Waals surface area contributed by atoms with Gasteiger partial charge in [0.15, 0.2) is 0 Å². The molecule has 3 rings (SSSR count). The Kier molecular flexibility index (Phi) is 4.01. The third-order valence-corrected chi connectivity index (χ3v) is 3.56. The molecular weight excluding hydrogens is 288 g/mol. The van der Waals surface area contributed by atoms with E-state index in [9.17, 15) is 4.79 Å². The quantitative estimate of drug-likeness (QED) is 0.891. The first kappa shape index (κ1) is 13.8. The molecule has 1 aromatic heterocycles. The molecule has 1 aliphatic rings. The van der Waals surface area contributed by atoms with Crippen molar-refractivity contribution in [3.05, 3.63) is 52.8 Å². The van der Waals surface area contributed by atoms with Crippen molar-refractivity contribution < 1.29 is 4.79 Å². The van der Waals surface area contributed by atoms with E-state index in [2.05, 4.69) is 20.6 Å². The van der Waals surface area contributed by atoms with Crippen molar-refractivity contribution in [2.45, 2.75) is 25.4 Å². The van der Waals surface area contributed by atoms with Gasteiger partial charge in [-0.25, -0.2) is 9.97 Å². The Hall–Kier alpha value is -2.14. The molecule has 108 valence electrons. The van der Waals surface area contributed by atoms with Crippen molar-refractivity contribution in [3.8, 4) is 0 Å². The van der Waals surface area contributed by atoms with Crippen LogP contribution in [0.1, 0.15) is 28.9 Å². The Labute approximate surface area is 127 Å². The van der Waals surface area contributed by atoms with Gasteiger partial charge in [0.1, 0.15) is 5.69 Å². The minimum absolute atomic E-state index is 0.240. The van der Waals surface area contributed by atoms with Crippen molar-refractivity contribution >= 4 is 23.5 Å². The molecule has 1 aromatic carbocycles. The second kappa shape index (κ2) is 6.10. The fourth-order valence-electron chi connectivity index (χ4n) is 1.87. The van der Waals surface area contributed by atoms with E-state index < -0.39 is 0 Å². The Morgan fingerprint density at radius 2 is 2.10 bits per heavy atom. The van der Waals surface area contributed by atoms with Crippen LogP contribution in [0, 0.1) is 0 Å².